The quantitative estimate of drug-likeness (QED) is 0.600. The van der Waals surface area contributed by atoms with Gasteiger partial charge in [0.2, 0.25) is 5.91 Å². The summed E-state index contributed by atoms with van der Waals surface area (Å²) in [4.78, 5) is 10.7. The number of hydrogen-bond acceptors (Lipinski definition) is 3. The van der Waals surface area contributed by atoms with Gasteiger partial charge in [0.1, 0.15) is 0 Å². The first-order valence-electron chi connectivity index (χ1n) is 4.42. The monoisotopic (exact) mass is 171 g/mol. The molecule has 0 bridgehead atoms. The molecule has 2 N–H and O–H groups in total. The van der Waals surface area contributed by atoms with Crippen molar-refractivity contribution in [1.82, 2.24) is 15.8 Å². The van der Waals surface area contributed by atoms with Gasteiger partial charge in [0.15, 0.2) is 0 Å². The standard InChI is InChI=1S/C8H17N3O/c1-7(12)10-11-5-3-8(9-2)4-6-11/h8-9H,3-6H2,1-2H3,(H,10,12). The molecule has 0 unspecified atom stereocenters. The van der Waals surface area contributed by atoms with Crippen LogP contribution in [0.2, 0.25) is 0 Å². The highest BCUT2D eigenvalue weighted by molar-refractivity contribution is 5.72. The molecule has 0 radical (unpaired) electrons. The van der Waals surface area contributed by atoms with Crippen LogP contribution in [0.3, 0.4) is 0 Å². The molecule has 0 aromatic carbocycles. The van der Waals surface area contributed by atoms with Crippen molar-refractivity contribution in [2.75, 3.05) is 20.1 Å². The molecular formula is C8H17N3O. The Kier molecular flexibility index (Phi) is 3.49. The Balaban J connectivity index is 2.21. The van der Waals surface area contributed by atoms with Crippen LogP contribution >= 0.6 is 0 Å². The highest BCUT2D eigenvalue weighted by atomic mass is 16.2. The Morgan fingerprint density at radius 3 is 2.42 bits per heavy atom. The normalized spacial score (nSPS) is 20.8. The average Bonchev–Trinajstić information content (AvgIpc) is 2.05. The molecule has 0 atom stereocenters. The Bertz CT molecular complexity index is 152. The zero-order chi connectivity index (χ0) is 8.97. The van der Waals surface area contributed by atoms with Gasteiger partial charge in [-0.05, 0) is 19.9 Å². The van der Waals surface area contributed by atoms with Crippen LogP contribution < -0.4 is 10.7 Å². The van der Waals surface area contributed by atoms with Gasteiger partial charge < -0.3 is 5.32 Å². The number of hydrazine groups is 1. The Hall–Kier alpha value is -0.610. The van der Waals surface area contributed by atoms with Crippen molar-refractivity contribution in [3.05, 3.63) is 0 Å². The summed E-state index contributed by atoms with van der Waals surface area (Å²) in [5, 5.41) is 5.22. The molecule has 12 heavy (non-hydrogen) atoms. The van der Waals surface area contributed by atoms with Crippen molar-refractivity contribution in [2.45, 2.75) is 25.8 Å². The first-order chi connectivity index (χ1) is 5.72. The summed E-state index contributed by atoms with van der Waals surface area (Å²) in [5.74, 6) is 0.0258. The third-order valence-electron chi connectivity index (χ3n) is 2.22. The molecule has 1 aliphatic rings. The van der Waals surface area contributed by atoms with E-state index in [9.17, 15) is 4.79 Å². The van der Waals surface area contributed by atoms with Crippen LogP contribution in [0.4, 0.5) is 0 Å². The number of hydrogen-bond donors (Lipinski definition) is 2. The highest BCUT2D eigenvalue weighted by Gasteiger charge is 2.17. The van der Waals surface area contributed by atoms with E-state index in [4.69, 9.17) is 0 Å². The smallest absolute Gasteiger partial charge is 0.231 e. The molecule has 70 valence electrons. The molecule has 1 amide bonds. The molecule has 1 aliphatic heterocycles. The van der Waals surface area contributed by atoms with E-state index in [2.05, 4.69) is 10.7 Å². The minimum Gasteiger partial charge on any atom is -0.317 e. The van der Waals surface area contributed by atoms with Crippen LogP contribution in [0.15, 0.2) is 0 Å². The minimum absolute atomic E-state index is 0.0258. The van der Waals surface area contributed by atoms with Crippen LogP contribution in [0.25, 0.3) is 0 Å². The predicted octanol–water partition coefficient (Wildman–Crippen LogP) is -0.279. The van der Waals surface area contributed by atoms with E-state index >= 15 is 0 Å². The fourth-order valence-electron chi connectivity index (χ4n) is 1.50. The second-order valence-corrected chi connectivity index (χ2v) is 3.22. The van der Waals surface area contributed by atoms with Crippen molar-refractivity contribution in [1.29, 1.82) is 0 Å². The number of nitrogens with one attached hydrogen (secondary N) is 2. The SMILES string of the molecule is CNC1CCN(NC(C)=O)CC1. The van der Waals surface area contributed by atoms with Crippen LogP contribution in [0, 0.1) is 0 Å². The van der Waals surface area contributed by atoms with Gasteiger partial charge >= 0.3 is 0 Å². The number of piperidine rings is 1. The maximum Gasteiger partial charge on any atom is 0.231 e. The van der Waals surface area contributed by atoms with E-state index < -0.39 is 0 Å². The fourth-order valence-corrected chi connectivity index (χ4v) is 1.50. The van der Waals surface area contributed by atoms with Crippen molar-refractivity contribution in [3.8, 4) is 0 Å². The van der Waals surface area contributed by atoms with E-state index in [-0.39, 0.29) is 5.91 Å². The van der Waals surface area contributed by atoms with Crippen LogP contribution in [-0.2, 0) is 4.79 Å². The van der Waals surface area contributed by atoms with E-state index in [1.165, 1.54) is 0 Å². The Morgan fingerprint density at radius 2 is 2.00 bits per heavy atom. The van der Waals surface area contributed by atoms with Gasteiger partial charge in [-0.25, -0.2) is 5.01 Å². The summed E-state index contributed by atoms with van der Waals surface area (Å²) in [6.45, 7) is 3.44. The molecule has 0 aromatic rings. The molecule has 0 aromatic heterocycles. The van der Waals surface area contributed by atoms with Gasteiger partial charge in [-0.2, -0.15) is 0 Å². The maximum atomic E-state index is 10.7. The summed E-state index contributed by atoms with van der Waals surface area (Å²) >= 11 is 0. The summed E-state index contributed by atoms with van der Waals surface area (Å²) in [7, 11) is 1.98. The molecule has 0 spiro atoms. The first-order valence-corrected chi connectivity index (χ1v) is 4.42. The molecule has 1 fully saturated rings. The Labute approximate surface area is 73.3 Å². The molecule has 1 heterocycles. The zero-order valence-corrected chi connectivity index (χ0v) is 7.76. The van der Waals surface area contributed by atoms with E-state index in [1.807, 2.05) is 12.1 Å². The second-order valence-electron chi connectivity index (χ2n) is 3.22. The lowest BCUT2D eigenvalue weighted by Gasteiger charge is -2.31. The minimum atomic E-state index is 0.0258. The van der Waals surface area contributed by atoms with Crippen molar-refractivity contribution in [3.63, 3.8) is 0 Å². The predicted molar refractivity (Wildman–Crippen MR) is 47.5 cm³/mol. The van der Waals surface area contributed by atoms with E-state index in [0.29, 0.717) is 6.04 Å². The van der Waals surface area contributed by atoms with E-state index in [1.54, 1.807) is 6.92 Å². The van der Waals surface area contributed by atoms with Gasteiger partial charge in [0.05, 0.1) is 0 Å². The van der Waals surface area contributed by atoms with Crippen molar-refractivity contribution < 1.29 is 4.79 Å². The van der Waals surface area contributed by atoms with Gasteiger partial charge in [-0.3, -0.25) is 10.2 Å². The van der Waals surface area contributed by atoms with Gasteiger partial charge in [0, 0.05) is 26.1 Å². The lowest BCUT2D eigenvalue weighted by Crippen LogP contribution is -2.49. The Morgan fingerprint density at radius 1 is 1.42 bits per heavy atom. The molecule has 1 rings (SSSR count). The topological polar surface area (TPSA) is 44.4 Å². The number of rotatable bonds is 2. The molecule has 4 nitrogen and oxygen atoms in total. The maximum absolute atomic E-state index is 10.7. The molecule has 4 heteroatoms. The molecular weight excluding hydrogens is 154 g/mol. The molecule has 1 saturated heterocycles. The first kappa shape index (κ1) is 9.48. The third kappa shape index (κ3) is 2.79. The van der Waals surface area contributed by atoms with Crippen molar-refractivity contribution in [2.24, 2.45) is 0 Å². The van der Waals surface area contributed by atoms with E-state index in [0.717, 1.165) is 25.9 Å². The number of carbonyl (C=O) groups excluding carboxylic acids is 1. The lowest BCUT2D eigenvalue weighted by molar-refractivity contribution is -0.124. The molecule has 0 aliphatic carbocycles. The zero-order valence-electron chi connectivity index (χ0n) is 7.76. The summed E-state index contributed by atoms with van der Waals surface area (Å²) in [6.07, 6.45) is 2.22. The summed E-state index contributed by atoms with van der Waals surface area (Å²) < 4.78 is 0. The van der Waals surface area contributed by atoms with Gasteiger partial charge in [-0.15, -0.1) is 0 Å². The van der Waals surface area contributed by atoms with Crippen LogP contribution in [-0.4, -0.2) is 37.1 Å². The molecule has 0 saturated carbocycles. The van der Waals surface area contributed by atoms with Gasteiger partial charge in [-0.1, -0.05) is 0 Å². The third-order valence-corrected chi connectivity index (χ3v) is 2.22. The second kappa shape index (κ2) is 4.42. The van der Waals surface area contributed by atoms with Gasteiger partial charge in [0.25, 0.3) is 0 Å². The van der Waals surface area contributed by atoms with Crippen LogP contribution in [0.5, 0.6) is 0 Å². The summed E-state index contributed by atoms with van der Waals surface area (Å²) in [6, 6.07) is 0.620. The number of carbonyl (C=O) groups is 1. The average molecular weight is 171 g/mol. The number of amides is 1. The number of nitrogens with zero attached hydrogens (tertiary/aromatic N) is 1. The van der Waals surface area contributed by atoms with Crippen molar-refractivity contribution >= 4 is 5.91 Å². The van der Waals surface area contributed by atoms with Crippen LogP contribution in [0.1, 0.15) is 19.8 Å². The highest BCUT2D eigenvalue weighted by Crippen LogP contribution is 2.06. The summed E-state index contributed by atoms with van der Waals surface area (Å²) in [5.41, 5.74) is 2.79. The largest absolute Gasteiger partial charge is 0.317 e. The fraction of sp³-hybridized carbons (Fsp3) is 0.875. The lowest BCUT2D eigenvalue weighted by atomic mass is 10.1.